The van der Waals surface area contributed by atoms with E-state index in [2.05, 4.69) is 10.1 Å². The Balaban J connectivity index is 1.48. The van der Waals surface area contributed by atoms with Crippen molar-refractivity contribution in [3.05, 3.63) is 18.0 Å². The zero-order valence-corrected chi connectivity index (χ0v) is 13.8. The van der Waals surface area contributed by atoms with Crippen LogP contribution in [0.4, 0.5) is 0 Å². The second-order valence-corrected chi connectivity index (χ2v) is 7.09. The third-order valence-electron chi connectivity index (χ3n) is 5.70. The fraction of sp³-hybridized carbons (Fsp3) is 0.706. The minimum absolute atomic E-state index is 0.142. The molecule has 3 fully saturated rings. The summed E-state index contributed by atoms with van der Waals surface area (Å²) in [5.41, 5.74) is -0.0905. The van der Waals surface area contributed by atoms with Crippen LogP contribution in [-0.2, 0) is 9.53 Å². The molecule has 0 unspecified atom stereocenters. The van der Waals surface area contributed by atoms with Gasteiger partial charge in [0.2, 0.25) is 5.91 Å². The number of ether oxygens (including phenoxy) is 1. The number of carbonyl (C=O) groups is 2. The highest BCUT2D eigenvalue weighted by molar-refractivity contribution is 5.93. The van der Waals surface area contributed by atoms with Gasteiger partial charge in [-0.1, -0.05) is 5.16 Å². The molecule has 1 spiro atoms. The molecule has 4 heterocycles. The Kier molecular flexibility index (Phi) is 4.04. The highest BCUT2D eigenvalue weighted by Crippen LogP contribution is 2.41. The van der Waals surface area contributed by atoms with Gasteiger partial charge in [0, 0.05) is 45.0 Å². The number of hydrogen-bond donors (Lipinski definition) is 0. The molecule has 4 rings (SSSR count). The van der Waals surface area contributed by atoms with Crippen molar-refractivity contribution in [3.63, 3.8) is 0 Å². The van der Waals surface area contributed by atoms with Crippen LogP contribution in [0.3, 0.4) is 0 Å². The van der Waals surface area contributed by atoms with Gasteiger partial charge >= 0.3 is 0 Å². The van der Waals surface area contributed by atoms with Crippen LogP contribution in [0.1, 0.15) is 42.6 Å². The zero-order valence-electron chi connectivity index (χ0n) is 13.8. The number of rotatable bonds is 2. The number of amides is 2. The highest BCUT2D eigenvalue weighted by Gasteiger charge is 2.50. The van der Waals surface area contributed by atoms with Crippen molar-refractivity contribution in [2.75, 3.05) is 32.8 Å². The first kappa shape index (κ1) is 15.6. The molecule has 0 aromatic carbocycles. The van der Waals surface area contributed by atoms with Crippen LogP contribution >= 0.6 is 0 Å². The lowest BCUT2D eigenvalue weighted by Gasteiger charge is -2.44. The van der Waals surface area contributed by atoms with Crippen molar-refractivity contribution in [2.45, 2.75) is 38.1 Å². The van der Waals surface area contributed by atoms with Crippen LogP contribution in [0.25, 0.3) is 0 Å². The number of piperidine rings is 1. The second kappa shape index (κ2) is 6.20. The molecule has 0 N–H and O–H groups in total. The summed E-state index contributed by atoms with van der Waals surface area (Å²) in [7, 11) is 0. The first-order chi connectivity index (χ1) is 11.7. The van der Waals surface area contributed by atoms with E-state index in [0.29, 0.717) is 24.8 Å². The van der Waals surface area contributed by atoms with Crippen molar-refractivity contribution < 1.29 is 18.8 Å². The van der Waals surface area contributed by atoms with Gasteiger partial charge in [-0.15, -0.1) is 0 Å². The molecule has 1 aromatic rings. The maximum Gasteiger partial charge on any atom is 0.276 e. The Morgan fingerprint density at radius 2 is 2.08 bits per heavy atom. The van der Waals surface area contributed by atoms with Crippen molar-refractivity contribution >= 4 is 11.8 Å². The molecular weight excluding hydrogens is 310 g/mol. The molecule has 24 heavy (non-hydrogen) atoms. The van der Waals surface area contributed by atoms with E-state index < -0.39 is 5.41 Å². The molecule has 3 aliphatic heterocycles. The van der Waals surface area contributed by atoms with Gasteiger partial charge in [-0.25, -0.2) is 0 Å². The number of carbonyl (C=O) groups excluding carboxylic acids is 2. The van der Waals surface area contributed by atoms with Gasteiger partial charge in [0.1, 0.15) is 6.26 Å². The molecule has 0 aliphatic carbocycles. The minimum Gasteiger partial charge on any atom is -0.381 e. The third kappa shape index (κ3) is 2.60. The quantitative estimate of drug-likeness (QED) is 0.815. The fourth-order valence-corrected chi connectivity index (χ4v) is 4.36. The summed E-state index contributed by atoms with van der Waals surface area (Å²) in [4.78, 5) is 29.5. The summed E-state index contributed by atoms with van der Waals surface area (Å²) < 4.78 is 10.2. The maximum absolute atomic E-state index is 13.2. The molecule has 1 aromatic heterocycles. The van der Waals surface area contributed by atoms with Crippen molar-refractivity contribution in [3.8, 4) is 0 Å². The summed E-state index contributed by atoms with van der Waals surface area (Å²) in [6.45, 7) is 3.41. The average molecular weight is 333 g/mol. The van der Waals surface area contributed by atoms with Crippen molar-refractivity contribution in [2.24, 2.45) is 5.41 Å². The van der Waals surface area contributed by atoms with Gasteiger partial charge in [-0.05, 0) is 32.1 Å². The van der Waals surface area contributed by atoms with Gasteiger partial charge in [-0.2, -0.15) is 0 Å². The van der Waals surface area contributed by atoms with Crippen molar-refractivity contribution in [1.29, 1.82) is 0 Å². The number of nitrogens with zero attached hydrogens (tertiary/aromatic N) is 3. The first-order valence-electron chi connectivity index (χ1n) is 8.78. The van der Waals surface area contributed by atoms with Gasteiger partial charge in [0.25, 0.3) is 5.91 Å². The molecule has 0 bridgehead atoms. The smallest absolute Gasteiger partial charge is 0.276 e. The topological polar surface area (TPSA) is 75.9 Å². The zero-order chi connectivity index (χ0) is 16.6. The van der Waals surface area contributed by atoms with Crippen LogP contribution in [0.15, 0.2) is 16.9 Å². The maximum atomic E-state index is 13.2. The Hall–Kier alpha value is -1.89. The van der Waals surface area contributed by atoms with Crippen LogP contribution in [-0.4, -0.2) is 65.7 Å². The Morgan fingerprint density at radius 1 is 1.25 bits per heavy atom. The molecule has 2 amide bonds. The standard InChI is InChI=1S/C17H23N3O4/c21-15(14-4-11-24-18-14)19-8-6-17(12-19)5-1-7-20(16(17)22)13-2-9-23-10-3-13/h4,11,13H,1-3,5-10,12H2/t17-/m1/s1. The van der Waals surface area contributed by atoms with E-state index in [1.807, 2.05) is 0 Å². The summed E-state index contributed by atoms with van der Waals surface area (Å²) in [6, 6.07) is 1.87. The summed E-state index contributed by atoms with van der Waals surface area (Å²) in [5.74, 6) is 0.0905. The molecule has 7 nitrogen and oxygen atoms in total. The fourth-order valence-electron chi connectivity index (χ4n) is 4.36. The Bertz CT molecular complexity index is 611. The lowest BCUT2D eigenvalue weighted by molar-refractivity contribution is -0.150. The normalized spacial score (nSPS) is 28.8. The molecule has 7 heteroatoms. The Labute approximate surface area is 140 Å². The number of hydrogen-bond acceptors (Lipinski definition) is 5. The summed E-state index contributed by atoms with van der Waals surface area (Å²) in [6.07, 6.45) is 5.86. The highest BCUT2D eigenvalue weighted by atomic mass is 16.5. The summed E-state index contributed by atoms with van der Waals surface area (Å²) >= 11 is 0. The second-order valence-electron chi connectivity index (χ2n) is 7.09. The van der Waals surface area contributed by atoms with Gasteiger partial charge < -0.3 is 19.1 Å². The first-order valence-corrected chi connectivity index (χ1v) is 8.78. The lowest BCUT2D eigenvalue weighted by atomic mass is 9.77. The monoisotopic (exact) mass is 333 g/mol. The van der Waals surface area contributed by atoms with Crippen molar-refractivity contribution in [1.82, 2.24) is 15.0 Å². The van der Waals surface area contributed by atoms with E-state index in [0.717, 1.165) is 51.9 Å². The van der Waals surface area contributed by atoms with E-state index in [1.54, 1.807) is 11.0 Å². The van der Waals surface area contributed by atoms with Crippen LogP contribution in [0.5, 0.6) is 0 Å². The SMILES string of the molecule is O=C(c1ccon1)N1CC[C@]2(CCCN(C3CCOCC3)C2=O)C1. The van der Waals surface area contributed by atoms with Crippen LogP contribution < -0.4 is 0 Å². The molecule has 0 radical (unpaired) electrons. The molecule has 0 saturated carbocycles. The average Bonchev–Trinajstić information content (AvgIpc) is 3.29. The van der Waals surface area contributed by atoms with E-state index in [4.69, 9.17) is 9.26 Å². The van der Waals surface area contributed by atoms with E-state index in [-0.39, 0.29) is 11.8 Å². The minimum atomic E-state index is -0.407. The molecule has 1 atom stereocenters. The predicted octanol–water partition coefficient (Wildman–Crippen LogP) is 1.31. The summed E-state index contributed by atoms with van der Waals surface area (Å²) in [5, 5.41) is 3.73. The molecule has 3 saturated heterocycles. The van der Waals surface area contributed by atoms with Crippen LogP contribution in [0.2, 0.25) is 0 Å². The number of likely N-dealkylation sites (tertiary alicyclic amines) is 2. The number of aromatic nitrogens is 1. The molecule has 130 valence electrons. The lowest BCUT2D eigenvalue weighted by Crippen LogP contribution is -2.55. The molecular formula is C17H23N3O4. The Morgan fingerprint density at radius 3 is 2.83 bits per heavy atom. The van der Waals surface area contributed by atoms with E-state index in [9.17, 15) is 9.59 Å². The predicted molar refractivity (Wildman–Crippen MR) is 84.2 cm³/mol. The van der Waals surface area contributed by atoms with Gasteiger partial charge in [0.15, 0.2) is 5.69 Å². The third-order valence-corrected chi connectivity index (χ3v) is 5.70. The van der Waals surface area contributed by atoms with Crippen LogP contribution in [0, 0.1) is 5.41 Å². The van der Waals surface area contributed by atoms with E-state index >= 15 is 0 Å². The van der Waals surface area contributed by atoms with E-state index in [1.165, 1.54) is 6.26 Å². The van der Waals surface area contributed by atoms with Gasteiger partial charge in [-0.3, -0.25) is 9.59 Å². The molecule has 3 aliphatic rings. The largest absolute Gasteiger partial charge is 0.381 e. The van der Waals surface area contributed by atoms with Gasteiger partial charge in [0.05, 0.1) is 5.41 Å².